The number of hydrogen-bond donors (Lipinski definition) is 1. The molecule has 0 aliphatic carbocycles. The van der Waals surface area contributed by atoms with Crippen molar-refractivity contribution in [3.63, 3.8) is 0 Å². The molecule has 0 saturated heterocycles. The van der Waals surface area contributed by atoms with Gasteiger partial charge in [-0.2, -0.15) is 5.10 Å². The Kier molecular flexibility index (Phi) is 9.04. The molecular weight excluding hydrogens is 382 g/mol. The van der Waals surface area contributed by atoms with Gasteiger partial charge in [-0.3, -0.25) is 14.5 Å². The lowest BCUT2D eigenvalue weighted by atomic mass is 10.1. The number of nitrogens with zero attached hydrogens (tertiary/aromatic N) is 4. The number of aromatic amines is 1. The Hall–Kier alpha value is -1.99. The van der Waals surface area contributed by atoms with Crippen LogP contribution in [0.15, 0.2) is 24.3 Å². The van der Waals surface area contributed by atoms with E-state index in [1.807, 2.05) is 21.6 Å². The van der Waals surface area contributed by atoms with Gasteiger partial charge in [0.25, 0.3) is 0 Å². The van der Waals surface area contributed by atoms with Crippen molar-refractivity contribution in [3.8, 4) is 11.4 Å². The van der Waals surface area contributed by atoms with Crippen LogP contribution in [0.4, 0.5) is 0 Å². The van der Waals surface area contributed by atoms with E-state index >= 15 is 0 Å². The first kappa shape index (κ1) is 23.3. The van der Waals surface area contributed by atoms with Gasteiger partial charge in [-0.05, 0) is 38.1 Å². The number of likely N-dealkylation sites (N-methyl/N-ethyl adjacent to an activating group) is 1. The summed E-state index contributed by atoms with van der Waals surface area (Å²) in [7, 11) is 0. The summed E-state index contributed by atoms with van der Waals surface area (Å²) in [6, 6.07) is 8.18. The normalized spacial score (nSPS) is 11.4. The number of nitrogens with one attached hydrogen (secondary N) is 1. The van der Waals surface area contributed by atoms with Crippen LogP contribution in [0.5, 0.6) is 0 Å². The molecule has 1 aromatic heterocycles. The summed E-state index contributed by atoms with van der Waals surface area (Å²) in [6.07, 6.45) is 0.414. The average molecular weight is 418 g/mol. The molecule has 29 heavy (non-hydrogen) atoms. The standard InChI is InChI=1S/C22H35N5OS/c1-6-25(7-2)14-15-26(16-17(3)4)20(28)12-13-27-21(23-24-22(27)29)19-10-8-18(5)9-11-19/h8-11,17H,6-7,12-16H2,1-5H3,(H,24,29). The van der Waals surface area contributed by atoms with E-state index in [1.165, 1.54) is 5.56 Å². The van der Waals surface area contributed by atoms with E-state index in [-0.39, 0.29) is 5.91 Å². The first-order valence-electron chi connectivity index (χ1n) is 10.6. The van der Waals surface area contributed by atoms with Crippen LogP contribution in [0, 0.1) is 17.6 Å². The lowest BCUT2D eigenvalue weighted by Crippen LogP contribution is -2.40. The van der Waals surface area contributed by atoms with Gasteiger partial charge in [-0.25, -0.2) is 0 Å². The molecule has 1 amide bonds. The van der Waals surface area contributed by atoms with E-state index in [0.29, 0.717) is 23.7 Å². The Labute approximate surface area is 179 Å². The lowest BCUT2D eigenvalue weighted by Gasteiger charge is -2.28. The highest BCUT2D eigenvalue weighted by molar-refractivity contribution is 7.71. The SMILES string of the molecule is CCN(CC)CCN(CC(C)C)C(=O)CCn1c(-c2ccc(C)cc2)n[nH]c1=S. The number of rotatable bonds is 11. The number of carbonyl (C=O) groups excluding carboxylic acids is 1. The zero-order valence-electron chi connectivity index (χ0n) is 18.4. The third kappa shape index (κ3) is 6.78. The second-order valence-corrected chi connectivity index (χ2v) is 8.27. The van der Waals surface area contributed by atoms with Crippen molar-refractivity contribution in [2.45, 2.75) is 47.6 Å². The molecule has 2 aromatic rings. The van der Waals surface area contributed by atoms with Crippen LogP contribution in [-0.4, -0.2) is 63.2 Å². The zero-order valence-corrected chi connectivity index (χ0v) is 19.3. The molecule has 0 radical (unpaired) electrons. The van der Waals surface area contributed by atoms with Crippen LogP contribution in [0.1, 0.15) is 39.7 Å². The smallest absolute Gasteiger partial charge is 0.224 e. The summed E-state index contributed by atoms with van der Waals surface area (Å²) >= 11 is 5.42. The maximum Gasteiger partial charge on any atom is 0.224 e. The van der Waals surface area contributed by atoms with Crippen LogP contribution < -0.4 is 0 Å². The van der Waals surface area contributed by atoms with Crippen molar-refractivity contribution in [2.75, 3.05) is 32.7 Å². The molecule has 160 valence electrons. The summed E-state index contributed by atoms with van der Waals surface area (Å²) in [5.41, 5.74) is 2.19. The third-order valence-electron chi connectivity index (χ3n) is 5.14. The van der Waals surface area contributed by atoms with Gasteiger partial charge in [-0.15, -0.1) is 0 Å². The number of amides is 1. The average Bonchev–Trinajstić information content (AvgIpc) is 3.06. The van der Waals surface area contributed by atoms with Crippen molar-refractivity contribution in [1.82, 2.24) is 24.6 Å². The quantitative estimate of drug-likeness (QED) is 0.559. The molecule has 1 aromatic carbocycles. The van der Waals surface area contributed by atoms with Crippen molar-refractivity contribution in [3.05, 3.63) is 34.6 Å². The number of aromatic nitrogens is 3. The summed E-state index contributed by atoms with van der Waals surface area (Å²) in [5.74, 6) is 1.39. The molecule has 0 saturated carbocycles. The molecule has 1 N–H and O–H groups in total. The predicted octanol–water partition coefficient (Wildman–Crippen LogP) is 4.13. The molecule has 0 aliphatic heterocycles. The summed E-state index contributed by atoms with van der Waals surface area (Å²) < 4.78 is 2.47. The molecule has 0 fully saturated rings. The highest BCUT2D eigenvalue weighted by Crippen LogP contribution is 2.18. The first-order valence-corrected chi connectivity index (χ1v) is 11.0. The zero-order chi connectivity index (χ0) is 21.4. The third-order valence-corrected chi connectivity index (χ3v) is 5.45. The molecule has 0 bridgehead atoms. The Balaban J connectivity index is 2.08. The van der Waals surface area contributed by atoms with E-state index in [1.54, 1.807) is 0 Å². The van der Waals surface area contributed by atoms with Gasteiger partial charge in [0.05, 0.1) is 0 Å². The Morgan fingerprint density at radius 2 is 1.83 bits per heavy atom. The van der Waals surface area contributed by atoms with E-state index in [2.05, 4.69) is 61.8 Å². The van der Waals surface area contributed by atoms with Crippen molar-refractivity contribution in [2.24, 2.45) is 5.92 Å². The minimum atomic E-state index is 0.170. The summed E-state index contributed by atoms with van der Waals surface area (Å²) in [6.45, 7) is 15.7. The first-order chi connectivity index (χ1) is 13.8. The minimum Gasteiger partial charge on any atom is -0.341 e. The molecule has 0 aliphatic rings. The molecule has 0 atom stereocenters. The second-order valence-electron chi connectivity index (χ2n) is 7.88. The van der Waals surface area contributed by atoms with Crippen LogP contribution >= 0.6 is 12.2 Å². The van der Waals surface area contributed by atoms with Crippen molar-refractivity contribution in [1.29, 1.82) is 0 Å². The second kappa shape index (κ2) is 11.3. The van der Waals surface area contributed by atoms with E-state index in [4.69, 9.17) is 12.2 Å². The highest BCUT2D eigenvalue weighted by atomic mass is 32.1. The van der Waals surface area contributed by atoms with Gasteiger partial charge < -0.3 is 9.80 Å². The fourth-order valence-electron chi connectivity index (χ4n) is 3.37. The number of aryl methyl sites for hydroxylation is 1. The Morgan fingerprint density at radius 1 is 1.17 bits per heavy atom. The van der Waals surface area contributed by atoms with E-state index in [9.17, 15) is 4.79 Å². The predicted molar refractivity (Wildman–Crippen MR) is 121 cm³/mol. The molecule has 1 heterocycles. The van der Waals surface area contributed by atoms with Gasteiger partial charge in [0, 0.05) is 38.2 Å². The largest absolute Gasteiger partial charge is 0.341 e. The molecule has 2 rings (SSSR count). The fourth-order valence-corrected chi connectivity index (χ4v) is 3.60. The van der Waals surface area contributed by atoms with Gasteiger partial charge in [0.15, 0.2) is 10.6 Å². The maximum absolute atomic E-state index is 13.0. The van der Waals surface area contributed by atoms with Gasteiger partial charge in [0.2, 0.25) is 5.91 Å². The Bertz CT molecular complexity index is 820. The maximum atomic E-state index is 13.0. The van der Waals surface area contributed by atoms with Gasteiger partial charge in [-0.1, -0.05) is 57.5 Å². The number of benzene rings is 1. The van der Waals surface area contributed by atoms with Crippen LogP contribution in [0.3, 0.4) is 0 Å². The summed E-state index contributed by atoms with van der Waals surface area (Å²) in [4.78, 5) is 17.3. The number of H-pyrrole nitrogens is 1. The molecule has 6 nitrogen and oxygen atoms in total. The lowest BCUT2D eigenvalue weighted by molar-refractivity contribution is -0.132. The van der Waals surface area contributed by atoms with Crippen LogP contribution in [0.25, 0.3) is 11.4 Å². The fraction of sp³-hybridized carbons (Fsp3) is 0.591. The monoisotopic (exact) mass is 417 g/mol. The molecular formula is C22H35N5OS. The van der Waals surface area contributed by atoms with E-state index in [0.717, 1.165) is 44.1 Å². The van der Waals surface area contributed by atoms with Crippen molar-refractivity contribution < 1.29 is 4.79 Å². The topological polar surface area (TPSA) is 57.2 Å². The highest BCUT2D eigenvalue weighted by Gasteiger charge is 2.17. The van der Waals surface area contributed by atoms with Crippen molar-refractivity contribution >= 4 is 18.1 Å². The van der Waals surface area contributed by atoms with Gasteiger partial charge >= 0.3 is 0 Å². The number of carbonyl (C=O) groups is 1. The minimum absolute atomic E-state index is 0.170. The van der Waals surface area contributed by atoms with Gasteiger partial charge in [0.1, 0.15) is 0 Å². The molecule has 0 spiro atoms. The Morgan fingerprint density at radius 3 is 2.41 bits per heavy atom. The summed E-state index contributed by atoms with van der Waals surface area (Å²) in [5, 5.41) is 7.26. The number of hydrogen-bond acceptors (Lipinski definition) is 4. The van der Waals surface area contributed by atoms with Crippen LogP contribution in [-0.2, 0) is 11.3 Å². The van der Waals surface area contributed by atoms with Crippen LogP contribution in [0.2, 0.25) is 0 Å². The molecule has 0 unspecified atom stereocenters. The molecule has 7 heteroatoms. The van der Waals surface area contributed by atoms with E-state index < -0.39 is 0 Å².